The first-order valence-electron chi connectivity index (χ1n) is 6.30. The Morgan fingerprint density at radius 2 is 2.20 bits per heavy atom. The molecule has 0 aromatic rings. The second-order valence-electron chi connectivity index (χ2n) is 5.34. The van der Waals surface area contributed by atoms with Crippen molar-refractivity contribution in [3.8, 4) is 0 Å². The Morgan fingerprint density at radius 3 is 2.80 bits per heavy atom. The first-order valence-corrected chi connectivity index (χ1v) is 6.30. The number of rotatable bonds is 3. The van der Waals surface area contributed by atoms with E-state index in [9.17, 15) is 0 Å². The third-order valence-corrected chi connectivity index (χ3v) is 3.92. The van der Waals surface area contributed by atoms with Crippen LogP contribution >= 0.6 is 0 Å². The molecule has 15 heavy (non-hydrogen) atoms. The van der Waals surface area contributed by atoms with Crippen LogP contribution in [0.1, 0.15) is 32.6 Å². The summed E-state index contributed by atoms with van der Waals surface area (Å²) in [5.74, 6) is 0. The largest absolute Gasteiger partial charge is 0.380 e. The molecule has 3 heteroatoms. The van der Waals surface area contributed by atoms with E-state index in [-0.39, 0.29) is 0 Å². The van der Waals surface area contributed by atoms with Crippen molar-refractivity contribution in [1.29, 1.82) is 0 Å². The summed E-state index contributed by atoms with van der Waals surface area (Å²) in [5, 5.41) is 0. The van der Waals surface area contributed by atoms with Crippen LogP contribution in [0.4, 0.5) is 0 Å². The Bertz CT molecular complexity index is 198. The molecule has 0 aromatic heterocycles. The van der Waals surface area contributed by atoms with E-state index < -0.39 is 0 Å². The molecule has 0 aliphatic carbocycles. The first-order chi connectivity index (χ1) is 7.24. The number of hydrogen-bond acceptors (Lipinski definition) is 3. The minimum absolute atomic E-state index is 0.391. The molecule has 1 unspecified atom stereocenters. The van der Waals surface area contributed by atoms with Crippen molar-refractivity contribution < 1.29 is 4.74 Å². The Morgan fingerprint density at radius 1 is 1.40 bits per heavy atom. The van der Waals surface area contributed by atoms with Gasteiger partial charge in [0, 0.05) is 24.5 Å². The van der Waals surface area contributed by atoms with Crippen molar-refractivity contribution in [3.63, 3.8) is 0 Å². The molecule has 2 saturated heterocycles. The lowest BCUT2D eigenvalue weighted by atomic mass is 9.82. The van der Waals surface area contributed by atoms with Crippen molar-refractivity contribution in [1.82, 2.24) is 4.90 Å². The molecule has 0 spiro atoms. The van der Waals surface area contributed by atoms with E-state index >= 15 is 0 Å². The van der Waals surface area contributed by atoms with Gasteiger partial charge in [0.2, 0.25) is 0 Å². The van der Waals surface area contributed by atoms with Gasteiger partial charge in [-0.2, -0.15) is 0 Å². The number of nitrogens with zero attached hydrogens (tertiary/aromatic N) is 1. The molecular weight excluding hydrogens is 188 g/mol. The molecule has 0 amide bonds. The highest BCUT2D eigenvalue weighted by atomic mass is 16.5. The van der Waals surface area contributed by atoms with Gasteiger partial charge in [0.05, 0.1) is 13.2 Å². The summed E-state index contributed by atoms with van der Waals surface area (Å²) in [6, 6.07) is 0.391. The predicted molar refractivity (Wildman–Crippen MR) is 61.8 cm³/mol. The van der Waals surface area contributed by atoms with E-state index in [0.717, 1.165) is 19.8 Å². The van der Waals surface area contributed by atoms with Crippen LogP contribution < -0.4 is 5.73 Å². The van der Waals surface area contributed by atoms with Crippen LogP contribution in [0.15, 0.2) is 0 Å². The second kappa shape index (κ2) is 4.81. The molecule has 0 aromatic carbocycles. The lowest BCUT2D eigenvalue weighted by molar-refractivity contribution is -0.128. The van der Waals surface area contributed by atoms with Gasteiger partial charge in [0.25, 0.3) is 0 Å². The SMILES string of the molecule is CCC1(CN2CCCCC(N)C2)COC1. The second-order valence-corrected chi connectivity index (χ2v) is 5.34. The molecular formula is C12H24N2O. The quantitative estimate of drug-likeness (QED) is 0.764. The number of likely N-dealkylation sites (tertiary alicyclic amines) is 1. The molecule has 0 radical (unpaired) electrons. The van der Waals surface area contributed by atoms with Gasteiger partial charge in [-0.25, -0.2) is 0 Å². The first kappa shape index (κ1) is 11.4. The van der Waals surface area contributed by atoms with Gasteiger partial charge in [-0.05, 0) is 25.8 Å². The summed E-state index contributed by atoms with van der Waals surface area (Å²) >= 11 is 0. The fraction of sp³-hybridized carbons (Fsp3) is 1.00. The normalized spacial score (nSPS) is 32.0. The molecule has 2 rings (SSSR count). The summed E-state index contributed by atoms with van der Waals surface area (Å²) in [6.45, 7) is 7.69. The van der Waals surface area contributed by atoms with E-state index in [1.165, 1.54) is 38.8 Å². The monoisotopic (exact) mass is 212 g/mol. The number of ether oxygens (including phenoxy) is 1. The van der Waals surface area contributed by atoms with E-state index in [1.807, 2.05) is 0 Å². The smallest absolute Gasteiger partial charge is 0.0557 e. The highest BCUT2D eigenvalue weighted by molar-refractivity contribution is 4.88. The average molecular weight is 212 g/mol. The topological polar surface area (TPSA) is 38.5 Å². The van der Waals surface area contributed by atoms with E-state index in [0.29, 0.717) is 11.5 Å². The van der Waals surface area contributed by atoms with Crippen molar-refractivity contribution >= 4 is 0 Å². The zero-order valence-corrected chi connectivity index (χ0v) is 9.87. The van der Waals surface area contributed by atoms with Crippen molar-refractivity contribution in [2.24, 2.45) is 11.1 Å². The van der Waals surface area contributed by atoms with Crippen molar-refractivity contribution in [3.05, 3.63) is 0 Å². The highest BCUT2D eigenvalue weighted by Gasteiger charge is 2.38. The fourth-order valence-corrected chi connectivity index (χ4v) is 2.67. The number of nitrogens with two attached hydrogens (primary N) is 1. The molecule has 2 N–H and O–H groups in total. The third-order valence-electron chi connectivity index (χ3n) is 3.92. The molecule has 0 bridgehead atoms. The van der Waals surface area contributed by atoms with Crippen LogP contribution in [-0.2, 0) is 4.74 Å². The molecule has 2 heterocycles. The van der Waals surface area contributed by atoms with Gasteiger partial charge < -0.3 is 15.4 Å². The standard InChI is InChI=1S/C12H24N2O/c1-2-12(9-15-10-12)8-14-6-4-3-5-11(13)7-14/h11H,2-10,13H2,1H3. The summed E-state index contributed by atoms with van der Waals surface area (Å²) in [4.78, 5) is 2.56. The third kappa shape index (κ3) is 2.71. The Balaban J connectivity index is 1.86. The highest BCUT2D eigenvalue weighted by Crippen LogP contribution is 2.32. The van der Waals surface area contributed by atoms with Gasteiger partial charge in [-0.3, -0.25) is 0 Å². The molecule has 2 fully saturated rings. The van der Waals surface area contributed by atoms with Gasteiger partial charge in [0.1, 0.15) is 0 Å². The van der Waals surface area contributed by atoms with Crippen molar-refractivity contribution in [2.75, 3.05) is 32.8 Å². The van der Waals surface area contributed by atoms with Crippen LogP contribution in [0.2, 0.25) is 0 Å². The zero-order chi connectivity index (χ0) is 10.7. The van der Waals surface area contributed by atoms with Crippen LogP contribution in [0.3, 0.4) is 0 Å². The number of hydrogen-bond donors (Lipinski definition) is 1. The van der Waals surface area contributed by atoms with Crippen LogP contribution in [0.25, 0.3) is 0 Å². The van der Waals surface area contributed by atoms with Gasteiger partial charge in [-0.1, -0.05) is 13.3 Å². The lowest BCUT2D eigenvalue weighted by Crippen LogP contribution is -2.52. The molecule has 3 nitrogen and oxygen atoms in total. The van der Waals surface area contributed by atoms with Gasteiger partial charge >= 0.3 is 0 Å². The van der Waals surface area contributed by atoms with Gasteiger partial charge in [0.15, 0.2) is 0 Å². The Kier molecular flexibility index (Phi) is 3.65. The Labute approximate surface area is 93.0 Å². The van der Waals surface area contributed by atoms with Gasteiger partial charge in [-0.15, -0.1) is 0 Å². The summed E-state index contributed by atoms with van der Waals surface area (Å²) in [6.07, 6.45) is 5.05. The Hall–Kier alpha value is -0.120. The molecule has 1 atom stereocenters. The molecule has 2 aliphatic rings. The molecule has 2 aliphatic heterocycles. The molecule has 0 saturated carbocycles. The zero-order valence-electron chi connectivity index (χ0n) is 9.87. The molecule has 88 valence electrons. The minimum Gasteiger partial charge on any atom is -0.380 e. The van der Waals surface area contributed by atoms with E-state index in [1.54, 1.807) is 0 Å². The van der Waals surface area contributed by atoms with Crippen molar-refractivity contribution in [2.45, 2.75) is 38.6 Å². The maximum Gasteiger partial charge on any atom is 0.0557 e. The van der Waals surface area contributed by atoms with E-state index in [4.69, 9.17) is 10.5 Å². The fourth-order valence-electron chi connectivity index (χ4n) is 2.67. The summed E-state index contributed by atoms with van der Waals surface area (Å²) < 4.78 is 5.37. The minimum atomic E-state index is 0.391. The van der Waals surface area contributed by atoms with E-state index in [2.05, 4.69) is 11.8 Å². The van der Waals surface area contributed by atoms with Crippen LogP contribution in [-0.4, -0.2) is 43.8 Å². The summed E-state index contributed by atoms with van der Waals surface area (Å²) in [5.41, 5.74) is 6.52. The maximum atomic E-state index is 6.07. The lowest BCUT2D eigenvalue weighted by Gasteiger charge is -2.44. The van der Waals surface area contributed by atoms with Crippen LogP contribution in [0, 0.1) is 5.41 Å². The average Bonchev–Trinajstić information content (AvgIpc) is 2.36. The summed E-state index contributed by atoms with van der Waals surface area (Å²) in [7, 11) is 0. The maximum absolute atomic E-state index is 6.07. The van der Waals surface area contributed by atoms with Crippen LogP contribution in [0.5, 0.6) is 0 Å². The predicted octanol–water partition coefficient (Wildman–Crippen LogP) is 1.23.